The molecule has 0 aliphatic carbocycles. The molecule has 1 aromatic rings. The van der Waals surface area contributed by atoms with Gasteiger partial charge in [-0.25, -0.2) is 0 Å². The highest BCUT2D eigenvalue weighted by atomic mass is 15.3. The van der Waals surface area contributed by atoms with Crippen molar-refractivity contribution in [3.63, 3.8) is 0 Å². The summed E-state index contributed by atoms with van der Waals surface area (Å²) in [6.07, 6.45) is 1.18. The van der Waals surface area contributed by atoms with Crippen LogP contribution in [0, 0.1) is 6.92 Å². The highest BCUT2D eigenvalue weighted by Crippen LogP contribution is 2.18. The van der Waals surface area contributed by atoms with Crippen molar-refractivity contribution in [2.75, 3.05) is 39.8 Å². The Morgan fingerprint density at radius 3 is 2.52 bits per heavy atom. The Labute approximate surface area is 130 Å². The van der Waals surface area contributed by atoms with Gasteiger partial charge in [-0.05, 0) is 39.4 Å². The maximum atomic E-state index is 3.47. The largest absolute Gasteiger partial charge is 0.313 e. The third-order valence-corrected chi connectivity index (χ3v) is 4.82. The van der Waals surface area contributed by atoms with E-state index >= 15 is 0 Å². The number of hydrogen-bond acceptors (Lipinski definition) is 3. The molecule has 1 N–H and O–H groups in total. The van der Waals surface area contributed by atoms with Gasteiger partial charge in [0.2, 0.25) is 0 Å². The van der Waals surface area contributed by atoms with Gasteiger partial charge in [-0.1, -0.05) is 36.8 Å². The van der Waals surface area contributed by atoms with Crippen LogP contribution in [0.5, 0.6) is 0 Å². The summed E-state index contributed by atoms with van der Waals surface area (Å²) < 4.78 is 0. The summed E-state index contributed by atoms with van der Waals surface area (Å²) in [6, 6.07) is 10.1. The van der Waals surface area contributed by atoms with Crippen molar-refractivity contribution in [2.24, 2.45) is 0 Å². The predicted octanol–water partition coefficient (Wildman–Crippen LogP) is 2.67. The third kappa shape index (κ3) is 4.53. The lowest BCUT2D eigenvalue weighted by molar-refractivity contribution is 0.0854. The van der Waals surface area contributed by atoms with E-state index in [0.29, 0.717) is 12.1 Å². The van der Waals surface area contributed by atoms with Gasteiger partial charge in [0.05, 0.1) is 0 Å². The lowest BCUT2D eigenvalue weighted by Crippen LogP contribution is -2.51. The van der Waals surface area contributed by atoms with Crippen LogP contribution in [0.15, 0.2) is 24.3 Å². The summed E-state index contributed by atoms with van der Waals surface area (Å²) >= 11 is 0. The minimum Gasteiger partial charge on any atom is -0.313 e. The van der Waals surface area contributed by atoms with Gasteiger partial charge >= 0.3 is 0 Å². The highest BCUT2D eigenvalue weighted by molar-refractivity contribution is 5.24. The highest BCUT2D eigenvalue weighted by Gasteiger charge is 2.22. The predicted molar refractivity (Wildman–Crippen MR) is 90.7 cm³/mol. The zero-order valence-electron chi connectivity index (χ0n) is 14.1. The lowest BCUT2D eigenvalue weighted by atomic mass is 10.0. The van der Waals surface area contributed by atoms with E-state index in [1.165, 1.54) is 50.3 Å². The van der Waals surface area contributed by atoms with Crippen LogP contribution in [0.2, 0.25) is 0 Å². The number of piperazine rings is 1. The van der Waals surface area contributed by atoms with Crippen molar-refractivity contribution in [3.8, 4) is 0 Å². The van der Waals surface area contributed by atoms with Crippen molar-refractivity contribution < 1.29 is 0 Å². The molecule has 3 nitrogen and oxygen atoms in total. The Hall–Kier alpha value is -0.900. The smallest absolute Gasteiger partial charge is 0.0329 e. The van der Waals surface area contributed by atoms with Crippen molar-refractivity contribution in [1.82, 2.24) is 15.1 Å². The lowest BCUT2D eigenvalue weighted by Gasteiger charge is -2.39. The minimum atomic E-state index is 0.463. The van der Waals surface area contributed by atoms with Gasteiger partial charge in [0, 0.05) is 38.3 Å². The second-order valence-corrected chi connectivity index (χ2v) is 6.32. The number of nitrogens with one attached hydrogen (secondary N) is 1. The second-order valence-electron chi connectivity index (χ2n) is 6.32. The van der Waals surface area contributed by atoms with Crippen molar-refractivity contribution in [2.45, 2.75) is 39.3 Å². The molecule has 0 aromatic heterocycles. The minimum absolute atomic E-state index is 0.463. The standard InChI is InChI=1S/C18H31N3/c1-5-21-13-12-20(14-16(21)3)11-10-18(19-4)17-8-6-15(2)7-9-17/h6-9,16,18-19H,5,10-14H2,1-4H3. The van der Waals surface area contributed by atoms with E-state index in [9.17, 15) is 0 Å². The first-order valence-corrected chi connectivity index (χ1v) is 8.34. The number of aryl methyl sites for hydroxylation is 1. The van der Waals surface area contributed by atoms with Crippen LogP contribution < -0.4 is 5.32 Å². The topological polar surface area (TPSA) is 18.5 Å². The van der Waals surface area contributed by atoms with Crippen LogP contribution in [0.1, 0.15) is 37.4 Å². The Bertz CT molecular complexity index is 415. The van der Waals surface area contributed by atoms with Crippen LogP contribution in [-0.4, -0.2) is 55.6 Å². The maximum absolute atomic E-state index is 3.47. The summed E-state index contributed by atoms with van der Waals surface area (Å²) in [5.74, 6) is 0. The molecule has 118 valence electrons. The maximum Gasteiger partial charge on any atom is 0.0329 e. The Morgan fingerprint density at radius 2 is 1.95 bits per heavy atom. The zero-order chi connectivity index (χ0) is 15.2. The quantitative estimate of drug-likeness (QED) is 0.868. The normalized spacial score (nSPS) is 22.4. The summed E-state index contributed by atoms with van der Waals surface area (Å²) in [5, 5.41) is 3.47. The molecule has 0 radical (unpaired) electrons. The molecular formula is C18H31N3. The number of hydrogen-bond donors (Lipinski definition) is 1. The zero-order valence-corrected chi connectivity index (χ0v) is 14.1. The molecular weight excluding hydrogens is 258 g/mol. The van der Waals surface area contributed by atoms with Gasteiger partial charge in [-0.2, -0.15) is 0 Å². The number of benzene rings is 1. The van der Waals surface area contributed by atoms with E-state index in [0.717, 1.165) is 0 Å². The molecule has 0 amide bonds. The fourth-order valence-electron chi connectivity index (χ4n) is 3.33. The number of rotatable bonds is 6. The average molecular weight is 289 g/mol. The first kappa shape index (κ1) is 16.5. The molecule has 21 heavy (non-hydrogen) atoms. The van der Waals surface area contributed by atoms with E-state index in [4.69, 9.17) is 0 Å². The van der Waals surface area contributed by atoms with Crippen LogP contribution >= 0.6 is 0 Å². The molecule has 1 aliphatic heterocycles. The fraction of sp³-hybridized carbons (Fsp3) is 0.667. The molecule has 1 aromatic carbocycles. The van der Waals surface area contributed by atoms with Crippen molar-refractivity contribution >= 4 is 0 Å². The van der Waals surface area contributed by atoms with Crippen molar-refractivity contribution in [1.29, 1.82) is 0 Å². The van der Waals surface area contributed by atoms with E-state index in [1.54, 1.807) is 0 Å². The van der Waals surface area contributed by atoms with Gasteiger partial charge < -0.3 is 10.2 Å². The second kappa shape index (κ2) is 7.92. The number of likely N-dealkylation sites (N-methyl/N-ethyl adjacent to an activating group) is 1. The summed E-state index contributed by atoms with van der Waals surface area (Å²) in [6.45, 7) is 12.8. The van der Waals surface area contributed by atoms with Gasteiger partial charge in [0.15, 0.2) is 0 Å². The molecule has 2 atom stereocenters. The van der Waals surface area contributed by atoms with E-state index < -0.39 is 0 Å². The summed E-state index contributed by atoms with van der Waals surface area (Å²) in [7, 11) is 2.07. The van der Waals surface area contributed by atoms with Crippen LogP contribution in [0.4, 0.5) is 0 Å². The van der Waals surface area contributed by atoms with Crippen LogP contribution in [-0.2, 0) is 0 Å². The summed E-state index contributed by atoms with van der Waals surface area (Å²) in [5.41, 5.74) is 2.74. The molecule has 3 heteroatoms. The molecule has 1 fully saturated rings. The fourth-order valence-corrected chi connectivity index (χ4v) is 3.33. The average Bonchev–Trinajstić information content (AvgIpc) is 2.49. The van der Waals surface area contributed by atoms with E-state index in [1.807, 2.05) is 0 Å². The molecule has 0 saturated carbocycles. The van der Waals surface area contributed by atoms with Crippen LogP contribution in [0.3, 0.4) is 0 Å². The van der Waals surface area contributed by atoms with Crippen molar-refractivity contribution in [3.05, 3.63) is 35.4 Å². The van der Waals surface area contributed by atoms with E-state index in [-0.39, 0.29) is 0 Å². The summed E-state index contributed by atoms with van der Waals surface area (Å²) in [4.78, 5) is 5.20. The Kier molecular flexibility index (Phi) is 6.22. The monoisotopic (exact) mass is 289 g/mol. The van der Waals surface area contributed by atoms with Gasteiger partial charge in [-0.15, -0.1) is 0 Å². The Balaban J connectivity index is 1.85. The number of nitrogens with zero attached hydrogens (tertiary/aromatic N) is 2. The first-order chi connectivity index (χ1) is 10.1. The molecule has 2 unspecified atom stereocenters. The van der Waals surface area contributed by atoms with Gasteiger partial charge in [0.25, 0.3) is 0 Å². The molecule has 1 aliphatic rings. The van der Waals surface area contributed by atoms with E-state index in [2.05, 4.69) is 67.2 Å². The molecule has 1 heterocycles. The molecule has 1 saturated heterocycles. The molecule has 0 bridgehead atoms. The first-order valence-electron chi connectivity index (χ1n) is 8.34. The molecule has 0 spiro atoms. The van der Waals surface area contributed by atoms with Crippen LogP contribution in [0.25, 0.3) is 0 Å². The van der Waals surface area contributed by atoms with Gasteiger partial charge in [-0.3, -0.25) is 4.90 Å². The Morgan fingerprint density at radius 1 is 1.24 bits per heavy atom. The SMILES string of the molecule is CCN1CCN(CCC(NC)c2ccc(C)cc2)CC1C. The molecule has 2 rings (SSSR count). The third-order valence-electron chi connectivity index (χ3n) is 4.82. The van der Waals surface area contributed by atoms with Gasteiger partial charge in [0.1, 0.15) is 0 Å².